The summed E-state index contributed by atoms with van der Waals surface area (Å²) in [7, 11) is 0. The van der Waals surface area contributed by atoms with E-state index in [1.807, 2.05) is 13.8 Å². The Morgan fingerprint density at radius 1 is 1.41 bits per heavy atom. The summed E-state index contributed by atoms with van der Waals surface area (Å²) in [5.74, 6) is -0.0171. The van der Waals surface area contributed by atoms with Crippen LogP contribution in [0.1, 0.15) is 25.6 Å². The minimum atomic E-state index is -0.760. The van der Waals surface area contributed by atoms with Gasteiger partial charge in [0.1, 0.15) is 0 Å². The Kier molecular flexibility index (Phi) is 2.76. The molecule has 90 valence electrons. The lowest BCUT2D eigenvalue weighted by molar-refractivity contribution is 0.122. The summed E-state index contributed by atoms with van der Waals surface area (Å²) in [6.07, 6.45) is 0.641. The minimum Gasteiger partial charge on any atom is -0.386 e. The van der Waals surface area contributed by atoms with Gasteiger partial charge < -0.3 is 10.8 Å². The van der Waals surface area contributed by atoms with Gasteiger partial charge in [0.2, 0.25) is 5.95 Å². The quantitative estimate of drug-likeness (QED) is 0.673. The van der Waals surface area contributed by atoms with E-state index < -0.39 is 11.7 Å². The van der Waals surface area contributed by atoms with Crippen LogP contribution in [0, 0.1) is 5.92 Å². The van der Waals surface area contributed by atoms with Gasteiger partial charge in [0.05, 0.1) is 18.0 Å². The molecule has 0 spiro atoms. The number of aliphatic hydroxyl groups excluding tert-OH is 1. The fraction of sp³-hybridized carbons (Fsp3) is 0.400. The van der Waals surface area contributed by atoms with E-state index in [-0.39, 0.29) is 23.0 Å². The van der Waals surface area contributed by atoms with E-state index in [1.54, 1.807) is 0 Å². The van der Waals surface area contributed by atoms with Gasteiger partial charge in [-0.3, -0.25) is 9.78 Å². The Morgan fingerprint density at radius 2 is 2.12 bits per heavy atom. The molecule has 0 aliphatic rings. The first-order valence-corrected chi connectivity index (χ1v) is 5.19. The number of H-pyrrole nitrogens is 1. The van der Waals surface area contributed by atoms with Crippen LogP contribution in [-0.4, -0.2) is 25.0 Å². The number of hydrogen-bond donors (Lipinski definition) is 3. The number of aromatic nitrogens is 4. The predicted molar refractivity (Wildman–Crippen MR) is 62.2 cm³/mol. The zero-order valence-corrected chi connectivity index (χ0v) is 9.51. The van der Waals surface area contributed by atoms with Gasteiger partial charge in [-0.2, -0.15) is 4.98 Å². The molecular weight excluding hydrogens is 222 g/mol. The molecule has 0 saturated carbocycles. The summed E-state index contributed by atoms with van der Waals surface area (Å²) >= 11 is 0. The number of anilines is 1. The zero-order chi connectivity index (χ0) is 12.6. The summed E-state index contributed by atoms with van der Waals surface area (Å²) in [4.78, 5) is 25.8. The fourth-order valence-electron chi connectivity index (χ4n) is 1.43. The molecule has 0 bridgehead atoms. The molecule has 1 atom stereocenters. The maximum absolute atomic E-state index is 11.6. The van der Waals surface area contributed by atoms with Crippen molar-refractivity contribution in [3.8, 4) is 0 Å². The largest absolute Gasteiger partial charge is 0.386 e. The van der Waals surface area contributed by atoms with Crippen LogP contribution < -0.4 is 11.3 Å². The molecule has 0 aliphatic carbocycles. The monoisotopic (exact) mass is 235 g/mol. The van der Waals surface area contributed by atoms with Crippen molar-refractivity contribution in [3.63, 3.8) is 0 Å². The third kappa shape index (κ3) is 2.09. The Balaban J connectivity index is 2.62. The summed E-state index contributed by atoms with van der Waals surface area (Å²) in [5.41, 5.74) is 5.53. The smallest absolute Gasteiger partial charge is 0.280 e. The van der Waals surface area contributed by atoms with Gasteiger partial charge in [-0.15, -0.1) is 0 Å². The van der Waals surface area contributed by atoms with Crippen molar-refractivity contribution in [1.82, 2.24) is 19.9 Å². The lowest BCUT2D eigenvalue weighted by atomic mass is 10.1. The highest BCUT2D eigenvalue weighted by Gasteiger charge is 2.16. The van der Waals surface area contributed by atoms with Crippen LogP contribution in [0.15, 0.2) is 11.0 Å². The molecule has 2 aromatic rings. The average molecular weight is 235 g/mol. The normalized spacial score (nSPS) is 13.2. The highest BCUT2D eigenvalue weighted by molar-refractivity contribution is 5.69. The molecule has 0 aliphatic heterocycles. The van der Waals surface area contributed by atoms with Crippen LogP contribution in [0.2, 0.25) is 0 Å². The van der Waals surface area contributed by atoms with Crippen LogP contribution in [0.4, 0.5) is 5.95 Å². The number of nitrogens with zero attached hydrogens (tertiary/aromatic N) is 3. The first kappa shape index (κ1) is 11.5. The minimum absolute atomic E-state index is 0.00559. The highest BCUT2D eigenvalue weighted by Crippen LogP contribution is 2.19. The van der Waals surface area contributed by atoms with Crippen molar-refractivity contribution in [2.75, 3.05) is 5.73 Å². The lowest BCUT2D eigenvalue weighted by Gasteiger charge is -2.13. The van der Waals surface area contributed by atoms with E-state index in [0.29, 0.717) is 5.69 Å². The average Bonchev–Trinajstić information content (AvgIpc) is 2.27. The van der Waals surface area contributed by atoms with E-state index in [1.165, 1.54) is 6.20 Å². The van der Waals surface area contributed by atoms with Gasteiger partial charge in [-0.05, 0) is 5.92 Å². The molecular formula is C10H13N5O2. The van der Waals surface area contributed by atoms with Crippen molar-refractivity contribution in [3.05, 3.63) is 22.2 Å². The topological polar surface area (TPSA) is 118 Å². The molecule has 17 heavy (non-hydrogen) atoms. The maximum Gasteiger partial charge on any atom is 0.280 e. The highest BCUT2D eigenvalue weighted by atomic mass is 16.3. The summed E-state index contributed by atoms with van der Waals surface area (Å²) in [5, 5.41) is 9.84. The van der Waals surface area contributed by atoms with Crippen LogP contribution in [-0.2, 0) is 0 Å². The molecule has 2 heterocycles. The molecule has 2 aromatic heterocycles. The molecule has 2 rings (SSSR count). The summed E-state index contributed by atoms with van der Waals surface area (Å²) in [6, 6.07) is 0. The molecule has 7 nitrogen and oxygen atoms in total. The standard InChI is InChI=1S/C10H13N5O2/c1-4(2)7(16)5-3-12-8-6(13-5)9(17)15-10(11)14-8/h3-4,7,16H,1-2H3,(H3,11,12,14,15,17). The van der Waals surface area contributed by atoms with E-state index in [4.69, 9.17) is 5.73 Å². The second-order valence-electron chi connectivity index (χ2n) is 4.11. The van der Waals surface area contributed by atoms with Gasteiger partial charge in [0.25, 0.3) is 5.56 Å². The van der Waals surface area contributed by atoms with Crippen LogP contribution >= 0.6 is 0 Å². The van der Waals surface area contributed by atoms with E-state index in [2.05, 4.69) is 19.9 Å². The van der Waals surface area contributed by atoms with Crippen LogP contribution in [0.5, 0.6) is 0 Å². The molecule has 1 unspecified atom stereocenters. The second-order valence-corrected chi connectivity index (χ2v) is 4.11. The number of nitrogen functional groups attached to an aromatic ring is 1. The zero-order valence-electron chi connectivity index (χ0n) is 9.51. The molecule has 4 N–H and O–H groups in total. The van der Waals surface area contributed by atoms with E-state index in [0.717, 1.165) is 0 Å². The number of nitrogens with two attached hydrogens (primary N) is 1. The molecule has 0 saturated heterocycles. The molecule has 0 amide bonds. The van der Waals surface area contributed by atoms with Gasteiger partial charge in [0, 0.05) is 0 Å². The lowest BCUT2D eigenvalue weighted by Crippen LogP contribution is -2.16. The molecule has 0 aromatic carbocycles. The van der Waals surface area contributed by atoms with E-state index >= 15 is 0 Å². The molecule has 0 radical (unpaired) electrons. The number of rotatable bonds is 2. The fourth-order valence-corrected chi connectivity index (χ4v) is 1.43. The third-order valence-electron chi connectivity index (χ3n) is 2.39. The van der Waals surface area contributed by atoms with Gasteiger partial charge in [-0.25, -0.2) is 9.97 Å². The van der Waals surface area contributed by atoms with Crippen molar-refractivity contribution < 1.29 is 5.11 Å². The molecule has 7 heteroatoms. The number of nitrogens with one attached hydrogen (secondary N) is 1. The SMILES string of the molecule is CC(C)C(O)c1cnc2nc(N)[nH]c(=O)c2n1. The Morgan fingerprint density at radius 3 is 2.76 bits per heavy atom. The van der Waals surface area contributed by atoms with Crippen molar-refractivity contribution >= 4 is 17.1 Å². The first-order valence-electron chi connectivity index (χ1n) is 5.19. The van der Waals surface area contributed by atoms with Crippen LogP contribution in [0.3, 0.4) is 0 Å². The van der Waals surface area contributed by atoms with Gasteiger partial charge in [0.15, 0.2) is 11.2 Å². The number of fused-ring (bicyclic) bond motifs is 1. The molecule has 0 fully saturated rings. The van der Waals surface area contributed by atoms with Gasteiger partial charge >= 0.3 is 0 Å². The van der Waals surface area contributed by atoms with E-state index in [9.17, 15) is 9.90 Å². The van der Waals surface area contributed by atoms with Crippen molar-refractivity contribution in [1.29, 1.82) is 0 Å². The Hall–Kier alpha value is -2.02. The van der Waals surface area contributed by atoms with Crippen molar-refractivity contribution in [2.24, 2.45) is 5.92 Å². The first-order chi connectivity index (χ1) is 7.99. The Bertz CT molecular complexity index is 607. The third-order valence-corrected chi connectivity index (χ3v) is 2.39. The Labute approximate surface area is 96.7 Å². The summed E-state index contributed by atoms with van der Waals surface area (Å²) < 4.78 is 0. The number of aromatic amines is 1. The summed E-state index contributed by atoms with van der Waals surface area (Å²) in [6.45, 7) is 3.70. The number of aliphatic hydroxyl groups is 1. The van der Waals surface area contributed by atoms with Gasteiger partial charge in [-0.1, -0.05) is 13.8 Å². The predicted octanol–water partition coefficient (Wildman–Crippen LogP) is -0.0153. The maximum atomic E-state index is 11.6. The number of hydrogen-bond acceptors (Lipinski definition) is 6. The second kappa shape index (κ2) is 4.10. The van der Waals surface area contributed by atoms with Crippen LogP contribution in [0.25, 0.3) is 11.2 Å². The van der Waals surface area contributed by atoms with Crippen molar-refractivity contribution in [2.45, 2.75) is 20.0 Å².